The molecule has 184 valence electrons. The van der Waals surface area contributed by atoms with Crippen LogP contribution in [0.25, 0.3) is 0 Å². The fraction of sp³-hybridized carbons (Fsp3) is 0.538. The van der Waals surface area contributed by atoms with Crippen molar-refractivity contribution in [1.29, 1.82) is 5.26 Å². The second-order valence-electron chi connectivity index (χ2n) is 7.49. The third kappa shape index (κ3) is 15.5. The van der Waals surface area contributed by atoms with E-state index in [0.717, 1.165) is 51.1 Å². The second-order valence-corrected chi connectivity index (χ2v) is 8.30. The fourth-order valence-corrected chi connectivity index (χ4v) is 3.46. The van der Waals surface area contributed by atoms with Crippen LogP contribution in [-0.4, -0.2) is 54.7 Å². The standard InChI is InChI=1S/C26H42BrN5O/c1-6-12-23(29-19-20-32(9-4)10-5)16-17-24(13-7-2)31-26(33)22(21-28)15-11-18-30-25(27)14-8-3/h6,8,11-12,14-16,18,22,24,26,29,31,33H,3,7,9-10,13,17,19-20H2,1-2,4-5H3/b12-6-,15-11?,23-16+,25-14-,30-18+. The molecule has 0 aromatic carbocycles. The van der Waals surface area contributed by atoms with Crippen molar-refractivity contribution in [1.82, 2.24) is 15.5 Å². The van der Waals surface area contributed by atoms with Crippen LogP contribution in [0.3, 0.4) is 0 Å². The molecule has 0 spiro atoms. The van der Waals surface area contributed by atoms with Gasteiger partial charge in [-0.2, -0.15) is 5.26 Å². The van der Waals surface area contributed by atoms with Gasteiger partial charge in [-0.1, -0.05) is 58.1 Å². The van der Waals surface area contributed by atoms with Gasteiger partial charge in [-0.25, -0.2) is 4.99 Å². The van der Waals surface area contributed by atoms with Gasteiger partial charge >= 0.3 is 0 Å². The lowest BCUT2D eigenvalue weighted by Crippen LogP contribution is -2.42. The highest BCUT2D eigenvalue weighted by Gasteiger charge is 2.19. The molecule has 0 fully saturated rings. The number of hydrogen-bond acceptors (Lipinski definition) is 6. The van der Waals surface area contributed by atoms with Crippen LogP contribution in [0.4, 0.5) is 0 Å². The lowest BCUT2D eigenvalue weighted by molar-refractivity contribution is 0.0989. The van der Waals surface area contributed by atoms with Crippen LogP contribution in [0.1, 0.15) is 47.0 Å². The molecule has 0 saturated heterocycles. The van der Waals surface area contributed by atoms with E-state index < -0.39 is 12.1 Å². The van der Waals surface area contributed by atoms with Crippen molar-refractivity contribution >= 4 is 22.1 Å². The molecule has 3 atom stereocenters. The number of rotatable bonds is 18. The third-order valence-electron chi connectivity index (χ3n) is 5.01. The predicted octanol–water partition coefficient (Wildman–Crippen LogP) is 5.03. The fourth-order valence-electron chi connectivity index (χ4n) is 3.15. The summed E-state index contributed by atoms with van der Waals surface area (Å²) in [5.41, 5.74) is 1.08. The predicted molar refractivity (Wildman–Crippen MR) is 145 cm³/mol. The largest absolute Gasteiger partial charge is 0.384 e. The number of likely N-dealkylation sites (N-methyl/N-ethyl adjacent to an activating group) is 1. The molecular weight excluding hydrogens is 478 g/mol. The number of halogens is 1. The van der Waals surface area contributed by atoms with Gasteiger partial charge in [-0.3, -0.25) is 5.32 Å². The number of aliphatic imine (C=N–C) groups is 1. The zero-order valence-corrected chi connectivity index (χ0v) is 22.3. The van der Waals surface area contributed by atoms with Gasteiger partial charge < -0.3 is 15.3 Å². The van der Waals surface area contributed by atoms with E-state index in [9.17, 15) is 10.4 Å². The molecule has 0 radical (unpaired) electrons. The van der Waals surface area contributed by atoms with Crippen LogP contribution in [0.5, 0.6) is 0 Å². The Morgan fingerprint density at radius 1 is 1.30 bits per heavy atom. The molecule has 0 amide bonds. The Kier molecular flexibility index (Phi) is 19.4. The minimum Gasteiger partial charge on any atom is -0.384 e. The highest BCUT2D eigenvalue weighted by molar-refractivity contribution is 9.11. The monoisotopic (exact) mass is 519 g/mol. The van der Waals surface area contributed by atoms with Gasteiger partial charge in [0.1, 0.15) is 16.8 Å². The summed E-state index contributed by atoms with van der Waals surface area (Å²) in [4.78, 5) is 6.52. The maximum Gasteiger partial charge on any atom is 0.124 e. The van der Waals surface area contributed by atoms with Crippen LogP contribution < -0.4 is 10.6 Å². The Bertz CT molecular complexity index is 717. The molecule has 0 aliphatic rings. The minimum atomic E-state index is -0.961. The SMILES string of the molecule is C=C/C=C(Br)\N=C\C=CC(C#N)C(O)NC(C/C=C(\C=C/C)NCCN(CC)CC)CCC. The average molecular weight is 521 g/mol. The van der Waals surface area contributed by atoms with Crippen LogP contribution in [0.15, 0.2) is 64.4 Å². The average Bonchev–Trinajstić information content (AvgIpc) is 2.80. The molecule has 3 unspecified atom stereocenters. The summed E-state index contributed by atoms with van der Waals surface area (Å²) in [7, 11) is 0. The normalized spacial score (nSPS) is 15.9. The smallest absolute Gasteiger partial charge is 0.124 e. The number of hydrogen-bond donors (Lipinski definition) is 3. The summed E-state index contributed by atoms with van der Waals surface area (Å²) in [6.07, 6.45) is 16.2. The summed E-state index contributed by atoms with van der Waals surface area (Å²) >= 11 is 3.28. The van der Waals surface area contributed by atoms with Crippen LogP contribution in [0.2, 0.25) is 0 Å². The van der Waals surface area contributed by atoms with E-state index in [1.165, 1.54) is 0 Å². The Labute approximate surface area is 209 Å². The van der Waals surface area contributed by atoms with Gasteiger partial charge in [0, 0.05) is 31.0 Å². The van der Waals surface area contributed by atoms with E-state index >= 15 is 0 Å². The lowest BCUT2D eigenvalue weighted by Gasteiger charge is -2.23. The molecule has 0 heterocycles. The Balaban J connectivity index is 5.03. The summed E-state index contributed by atoms with van der Waals surface area (Å²) in [5, 5.41) is 26.8. The molecule has 3 N–H and O–H groups in total. The number of nitriles is 1. The lowest BCUT2D eigenvalue weighted by atomic mass is 10.0. The van der Waals surface area contributed by atoms with Crippen molar-refractivity contribution in [3.05, 3.63) is 59.4 Å². The van der Waals surface area contributed by atoms with Crippen LogP contribution in [-0.2, 0) is 0 Å². The van der Waals surface area contributed by atoms with Crippen molar-refractivity contribution in [3.8, 4) is 6.07 Å². The summed E-state index contributed by atoms with van der Waals surface area (Å²) < 4.78 is 0.631. The van der Waals surface area contributed by atoms with Gasteiger partial charge in [0.05, 0.1) is 6.07 Å². The number of nitrogens with zero attached hydrogens (tertiary/aromatic N) is 3. The topological polar surface area (TPSA) is 83.7 Å². The molecule has 0 saturated carbocycles. The van der Waals surface area contributed by atoms with E-state index in [1.807, 2.05) is 13.0 Å². The van der Waals surface area contributed by atoms with E-state index in [1.54, 1.807) is 30.5 Å². The molecule has 33 heavy (non-hydrogen) atoms. The number of nitrogens with one attached hydrogen (secondary N) is 2. The van der Waals surface area contributed by atoms with Crippen molar-refractivity contribution in [2.24, 2.45) is 10.9 Å². The summed E-state index contributed by atoms with van der Waals surface area (Å²) in [5.74, 6) is -0.677. The molecular formula is C26H42BrN5O. The van der Waals surface area contributed by atoms with Crippen LogP contribution in [0, 0.1) is 17.2 Å². The minimum absolute atomic E-state index is 0.0671. The van der Waals surface area contributed by atoms with Gasteiger partial charge in [0.25, 0.3) is 0 Å². The first-order chi connectivity index (χ1) is 15.9. The molecule has 0 aliphatic carbocycles. The Hall–Kier alpha value is -1.98. The molecule has 7 heteroatoms. The van der Waals surface area contributed by atoms with Crippen molar-refractivity contribution in [2.75, 3.05) is 26.2 Å². The van der Waals surface area contributed by atoms with Gasteiger partial charge in [0.15, 0.2) is 0 Å². The molecule has 0 bridgehead atoms. The molecule has 0 aromatic heterocycles. The number of aliphatic hydroxyl groups excluding tert-OH is 1. The van der Waals surface area contributed by atoms with Crippen molar-refractivity contribution in [2.45, 2.75) is 59.2 Å². The number of aliphatic hydroxyl groups is 1. The maximum absolute atomic E-state index is 10.6. The van der Waals surface area contributed by atoms with E-state index in [-0.39, 0.29) is 6.04 Å². The van der Waals surface area contributed by atoms with Crippen molar-refractivity contribution in [3.63, 3.8) is 0 Å². The highest BCUT2D eigenvalue weighted by atomic mass is 79.9. The van der Waals surface area contributed by atoms with Gasteiger partial charge in [-0.15, -0.1) is 0 Å². The zero-order valence-electron chi connectivity index (χ0n) is 20.7. The molecule has 0 rings (SSSR count). The quantitative estimate of drug-likeness (QED) is 0.102. The summed E-state index contributed by atoms with van der Waals surface area (Å²) in [6, 6.07) is 2.22. The first kappa shape index (κ1) is 31.0. The highest BCUT2D eigenvalue weighted by Crippen LogP contribution is 2.11. The first-order valence-corrected chi connectivity index (χ1v) is 12.6. The van der Waals surface area contributed by atoms with Gasteiger partial charge in [-0.05, 0) is 67.0 Å². The molecule has 6 nitrogen and oxygen atoms in total. The number of allylic oxidation sites excluding steroid dienone is 5. The van der Waals surface area contributed by atoms with Crippen molar-refractivity contribution < 1.29 is 5.11 Å². The van der Waals surface area contributed by atoms with Crippen LogP contribution >= 0.6 is 15.9 Å². The second kappa shape index (κ2) is 20.6. The first-order valence-electron chi connectivity index (χ1n) is 11.8. The van der Waals surface area contributed by atoms with E-state index in [0.29, 0.717) is 4.61 Å². The van der Waals surface area contributed by atoms with Gasteiger partial charge in [0.2, 0.25) is 0 Å². The third-order valence-corrected chi connectivity index (χ3v) is 5.48. The van der Waals surface area contributed by atoms with E-state index in [4.69, 9.17) is 0 Å². The zero-order chi connectivity index (χ0) is 24.9. The molecule has 0 aromatic rings. The molecule has 0 aliphatic heterocycles. The summed E-state index contributed by atoms with van der Waals surface area (Å²) in [6.45, 7) is 16.0. The Morgan fingerprint density at radius 2 is 2.03 bits per heavy atom. The Morgan fingerprint density at radius 3 is 2.61 bits per heavy atom. The maximum atomic E-state index is 10.6. The van der Waals surface area contributed by atoms with E-state index in [2.05, 4.69) is 82.0 Å².